The third-order valence-corrected chi connectivity index (χ3v) is 5.79. The minimum Gasteiger partial charge on any atom is -0.175 e. The van der Waals surface area contributed by atoms with Crippen LogP contribution in [0.1, 0.15) is 51.9 Å². The van der Waals surface area contributed by atoms with Gasteiger partial charge in [-0.05, 0) is 18.8 Å². The van der Waals surface area contributed by atoms with Crippen LogP contribution in [0.15, 0.2) is 0 Å². The smallest absolute Gasteiger partial charge is 0.0229 e. The zero-order chi connectivity index (χ0) is 9.68. The number of hydrogen-bond acceptors (Lipinski definition) is 1. The molecular weight excluding hydrogens is 291 g/mol. The van der Waals surface area contributed by atoms with Gasteiger partial charge >= 0.3 is 0 Å². The third kappa shape index (κ3) is 4.41. The van der Waals surface area contributed by atoms with Crippen molar-refractivity contribution in [2.45, 2.75) is 61.0 Å². The predicted octanol–water partition coefficient (Wildman–Crippen LogP) is 4.47. The molecule has 0 aromatic rings. The first-order valence-corrected chi connectivity index (χ1v) is 7.32. The molecule has 78 valence electrons. The van der Waals surface area contributed by atoms with E-state index in [1.54, 1.807) is 0 Å². The standard InChI is InChI=1S/C11H21IS/c1-2-11(13)10(12)8-9-6-4-3-5-7-9/h9-11,13H,2-8H2,1H3. The van der Waals surface area contributed by atoms with Gasteiger partial charge in [0.25, 0.3) is 0 Å². The molecule has 1 fully saturated rings. The Labute approximate surface area is 102 Å². The van der Waals surface area contributed by atoms with Crippen molar-refractivity contribution in [3.8, 4) is 0 Å². The largest absolute Gasteiger partial charge is 0.175 e. The van der Waals surface area contributed by atoms with Crippen LogP contribution in [0.25, 0.3) is 0 Å². The average Bonchev–Trinajstić information content (AvgIpc) is 2.18. The van der Waals surface area contributed by atoms with E-state index in [1.807, 2.05) is 0 Å². The van der Waals surface area contributed by atoms with Crippen LogP contribution in [-0.2, 0) is 0 Å². The Morgan fingerprint density at radius 1 is 1.31 bits per heavy atom. The van der Waals surface area contributed by atoms with Crippen molar-refractivity contribution in [3.05, 3.63) is 0 Å². The van der Waals surface area contributed by atoms with Gasteiger partial charge in [-0.2, -0.15) is 12.6 Å². The van der Waals surface area contributed by atoms with E-state index in [1.165, 1.54) is 44.9 Å². The Morgan fingerprint density at radius 2 is 1.92 bits per heavy atom. The fraction of sp³-hybridized carbons (Fsp3) is 1.00. The highest BCUT2D eigenvalue weighted by Crippen LogP contribution is 2.31. The molecule has 0 bridgehead atoms. The number of rotatable bonds is 4. The summed E-state index contributed by atoms with van der Waals surface area (Å²) >= 11 is 7.21. The summed E-state index contributed by atoms with van der Waals surface area (Å²) in [5.41, 5.74) is 0. The molecule has 0 aliphatic heterocycles. The van der Waals surface area contributed by atoms with Crippen molar-refractivity contribution in [2.24, 2.45) is 5.92 Å². The van der Waals surface area contributed by atoms with Gasteiger partial charge < -0.3 is 0 Å². The second-order valence-electron chi connectivity index (χ2n) is 4.23. The predicted molar refractivity (Wildman–Crippen MR) is 72.1 cm³/mol. The summed E-state index contributed by atoms with van der Waals surface area (Å²) in [6.45, 7) is 2.24. The molecule has 1 saturated carbocycles. The zero-order valence-corrected chi connectivity index (χ0v) is 11.6. The molecule has 13 heavy (non-hydrogen) atoms. The van der Waals surface area contributed by atoms with Gasteiger partial charge in [0.2, 0.25) is 0 Å². The van der Waals surface area contributed by atoms with Crippen LogP contribution in [0.2, 0.25) is 0 Å². The van der Waals surface area contributed by atoms with Crippen molar-refractivity contribution in [1.82, 2.24) is 0 Å². The van der Waals surface area contributed by atoms with Crippen molar-refractivity contribution >= 4 is 35.2 Å². The van der Waals surface area contributed by atoms with Crippen LogP contribution < -0.4 is 0 Å². The Hall–Kier alpha value is 1.08. The van der Waals surface area contributed by atoms with E-state index in [0.717, 1.165) is 9.84 Å². The summed E-state index contributed by atoms with van der Waals surface area (Å²) < 4.78 is 0.786. The quantitative estimate of drug-likeness (QED) is 0.442. The Bertz CT molecular complexity index is 132. The zero-order valence-electron chi connectivity index (χ0n) is 8.51. The molecule has 0 aromatic heterocycles. The average molecular weight is 312 g/mol. The first kappa shape index (κ1) is 12.2. The maximum Gasteiger partial charge on any atom is 0.0229 e. The van der Waals surface area contributed by atoms with Crippen LogP contribution in [0.3, 0.4) is 0 Å². The number of alkyl halides is 1. The van der Waals surface area contributed by atoms with Crippen molar-refractivity contribution in [1.29, 1.82) is 0 Å². The highest BCUT2D eigenvalue weighted by Gasteiger charge is 2.20. The highest BCUT2D eigenvalue weighted by molar-refractivity contribution is 14.1. The van der Waals surface area contributed by atoms with E-state index >= 15 is 0 Å². The monoisotopic (exact) mass is 312 g/mol. The van der Waals surface area contributed by atoms with Crippen molar-refractivity contribution < 1.29 is 0 Å². The Balaban J connectivity index is 2.21. The van der Waals surface area contributed by atoms with Gasteiger partial charge in [-0.1, -0.05) is 61.6 Å². The first-order chi connectivity index (χ1) is 6.24. The van der Waals surface area contributed by atoms with Crippen LogP contribution in [0, 0.1) is 5.92 Å². The van der Waals surface area contributed by atoms with Gasteiger partial charge in [0.05, 0.1) is 0 Å². The minimum atomic E-state index is 0.613. The Kier molecular flexibility index (Phi) is 6.12. The van der Waals surface area contributed by atoms with Gasteiger partial charge in [0, 0.05) is 9.17 Å². The van der Waals surface area contributed by atoms with Gasteiger partial charge in [0.1, 0.15) is 0 Å². The molecule has 0 nitrogen and oxygen atoms in total. The topological polar surface area (TPSA) is 0 Å². The number of thiol groups is 1. The van der Waals surface area contributed by atoms with E-state index in [0.29, 0.717) is 5.25 Å². The second-order valence-corrected chi connectivity index (χ2v) is 6.49. The fourth-order valence-corrected chi connectivity index (χ4v) is 3.50. The molecule has 2 atom stereocenters. The summed E-state index contributed by atoms with van der Waals surface area (Å²) in [4.78, 5) is 0. The molecule has 2 heteroatoms. The molecule has 0 aromatic carbocycles. The lowest BCUT2D eigenvalue weighted by atomic mass is 9.85. The van der Waals surface area contributed by atoms with Crippen molar-refractivity contribution in [3.63, 3.8) is 0 Å². The lowest BCUT2D eigenvalue weighted by molar-refractivity contribution is 0.337. The van der Waals surface area contributed by atoms with E-state index < -0.39 is 0 Å². The first-order valence-electron chi connectivity index (χ1n) is 5.56. The lowest BCUT2D eigenvalue weighted by Gasteiger charge is -2.25. The van der Waals surface area contributed by atoms with E-state index in [4.69, 9.17) is 0 Å². The molecular formula is C11H21IS. The maximum absolute atomic E-state index is 4.62. The molecule has 0 heterocycles. The van der Waals surface area contributed by atoms with Crippen LogP contribution in [0.4, 0.5) is 0 Å². The van der Waals surface area contributed by atoms with Gasteiger partial charge in [-0.3, -0.25) is 0 Å². The summed E-state index contributed by atoms with van der Waals surface area (Å²) in [6.07, 6.45) is 9.98. The number of hydrogen-bond donors (Lipinski definition) is 1. The summed E-state index contributed by atoms with van der Waals surface area (Å²) in [7, 11) is 0. The molecule has 1 rings (SSSR count). The summed E-state index contributed by atoms with van der Waals surface area (Å²) in [6, 6.07) is 0. The minimum absolute atomic E-state index is 0.613. The summed E-state index contributed by atoms with van der Waals surface area (Å²) in [5.74, 6) is 1.01. The molecule has 2 unspecified atom stereocenters. The van der Waals surface area contributed by atoms with Crippen LogP contribution in [0.5, 0.6) is 0 Å². The summed E-state index contributed by atoms with van der Waals surface area (Å²) in [5, 5.41) is 0.613. The molecule has 0 N–H and O–H groups in total. The number of halogens is 1. The van der Waals surface area contributed by atoms with Gasteiger partial charge in [-0.15, -0.1) is 0 Å². The van der Waals surface area contributed by atoms with Crippen LogP contribution in [-0.4, -0.2) is 9.17 Å². The van der Waals surface area contributed by atoms with E-state index in [9.17, 15) is 0 Å². The lowest BCUT2D eigenvalue weighted by Crippen LogP contribution is -2.19. The van der Waals surface area contributed by atoms with Crippen molar-refractivity contribution in [2.75, 3.05) is 0 Å². The molecule has 0 saturated heterocycles. The SMILES string of the molecule is CCC(S)C(I)CC1CCCCC1. The van der Waals surface area contributed by atoms with Gasteiger partial charge in [-0.25, -0.2) is 0 Å². The second kappa shape index (κ2) is 6.54. The Morgan fingerprint density at radius 3 is 2.46 bits per heavy atom. The highest BCUT2D eigenvalue weighted by atomic mass is 127. The molecule has 1 aliphatic rings. The fourth-order valence-electron chi connectivity index (χ4n) is 2.15. The van der Waals surface area contributed by atoms with E-state index in [-0.39, 0.29) is 0 Å². The van der Waals surface area contributed by atoms with E-state index in [2.05, 4.69) is 42.1 Å². The molecule has 0 radical (unpaired) electrons. The van der Waals surface area contributed by atoms with Crippen LogP contribution >= 0.6 is 35.2 Å². The molecule has 0 spiro atoms. The molecule has 0 amide bonds. The third-order valence-electron chi connectivity index (χ3n) is 3.12. The van der Waals surface area contributed by atoms with Gasteiger partial charge in [0.15, 0.2) is 0 Å². The molecule has 1 aliphatic carbocycles. The normalized spacial score (nSPS) is 24.2. The maximum atomic E-state index is 4.62.